The van der Waals surface area contributed by atoms with E-state index in [0.717, 1.165) is 29.8 Å². The summed E-state index contributed by atoms with van der Waals surface area (Å²) in [7, 11) is 1.73. The van der Waals surface area contributed by atoms with Crippen LogP contribution in [0.2, 0.25) is 5.02 Å². The van der Waals surface area contributed by atoms with Gasteiger partial charge in [0.2, 0.25) is 0 Å². The van der Waals surface area contributed by atoms with Crippen LogP contribution in [0, 0.1) is 0 Å². The predicted molar refractivity (Wildman–Crippen MR) is 95.6 cm³/mol. The van der Waals surface area contributed by atoms with Crippen LogP contribution in [-0.2, 0) is 19.9 Å². The molecule has 0 atom stereocenters. The lowest BCUT2D eigenvalue weighted by Gasteiger charge is -2.20. The second kappa shape index (κ2) is 6.37. The fourth-order valence-corrected chi connectivity index (χ4v) is 3.57. The van der Waals surface area contributed by atoms with Crippen molar-refractivity contribution in [2.75, 3.05) is 13.1 Å². The van der Waals surface area contributed by atoms with Crippen LogP contribution < -0.4 is 0 Å². The van der Waals surface area contributed by atoms with Gasteiger partial charge in [0.05, 0.1) is 16.9 Å². The van der Waals surface area contributed by atoms with E-state index in [0.29, 0.717) is 23.8 Å². The van der Waals surface area contributed by atoms with Crippen molar-refractivity contribution in [3.8, 4) is 11.3 Å². The van der Waals surface area contributed by atoms with E-state index in [9.17, 15) is 4.79 Å². The molecule has 1 amide bonds. The SMILES string of the molecule is Cn1ncc(Cl)c1C(=O)N1CCc2[nH]nc(-c3ccccc3)c2CC1. The average molecular weight is 356 g/mol. The number of carbonyl (C=O) groups is 1. The molecule has 1 aliphatic heterocycles. The summed E-state index contributed by atoms with van der Waals surface area (Å²) in [5.74, 6) is -0.0793. The number of hydrogen-bond donors (Lipinski definition) is 1. The Hall–Kier alpha value is -2.60. The largest absolute Gasteiger partial charge is 0.337 e. The molecule has 6 nitrogen and oxygen atoms in total. The Labute approximate surface area is 150 Å². The zero-order valence-corrected chi connectivity index (χ0v) is 14.6. The zero-order valence-electron chi connectivity index (χ0n) is 13.9. The first-order chi connectivity index (χ1) is 12.1. The molecule has 3 aromatic rings. The molecule has 1 aliphatic rings. The van der Waals surface area contributed by atoms with E-state index in [2.05, 4.69) is 27.4 Å². The molecule has 0 fully saturated rings. The molecule has 25 heavy (non-hydrogen) atoms. The van der Waals surface area contributed by atoms with Gasteiger partial charge in [0, 0.05) is 43.4 Å². The number of benzene rings is 1. The van der Waals surface area contributed by atoms with Crippen LogP contribution >= 0.6 is 11.6 Å². The summed E-state index contributed by atoms with van der Waals surface area (Å²) in [5, 5.41) is 12.1. The number of aromatic amines is 1. The zero-order chi connectivity index (χ0) is 17.4. The number of fused-ring (bicyclic) bond motifs is 1. The average Bonchev–Trinajstić information content (AvgIpc) is 3.11. The molecule has 0 unspecified atom stereocenters. The molecule has 4 rings (SSSR count). The summed E-state index contributed by atoms with van der Waals surface area (Å²) in [5.41, 5.74) is 4.80. The number of amides is 1. The number of aromatic nitrogens is 4. The molecule has 0 aliphatic carbocycles. The molecular weight excluding hydrogens is 338 g/mol. The number of nitrogens with zero attached hydrogens (tertiary/aromatic N) is 4. The van der Waals surface area contributed by atoms with E-state index in [1.807, 2.05) is 23.1 Å². The van der Waals surface area contributed by atoms with Crippen molar-refractivity contribution in [3.05, 3.63) is 58.5 Å². The number of hydrogen-bond acceptors (Lipinski definition) is 3. The quantitative estimate of drug-likeness (QED) is 0.768. The number of rotatable bonds is 2. The fourth-order valence-electron chi connectivity index (χ4n) is 3.32. The summed E-state index contributed by atoms with van der Waals surface area (Å²) in [4.78, 5) is 14.7. The molecule has 0 saturated carbocycles. The number of halogens is 1. The standard InChI is InChI=1S/C18H18ClN5O/c1-23-17(14(19)11-20-23)18(25)24-9-7-13-15(8-10-24)21-22-16(13)12-5-3-2-4-6-12/h2-6,11H,7-10H2,1H3,(H,21,22). The van der Waals surface area contributed by atoms with E-state index in [-0.39, 0.29) is 5.91 Å². The summed E-state index contributed by atoms with van der Waals surface area (Å²) in [6, 6.07) is 10.1. The van der Waals surface area contributed by atoms with E-state index in [1.165, 1.54) is 16.4 Å². The Bertz CT molecular complexity index is 895. The normalized spacial score (nSPS) is 14.2. The number of aryl methyl sites for hydroxylation is 1. The van der Waals surface area contributed by atoms with Crippen LogP contribution in [0.25, 0.3) is 11.3 Å². The van der Waals surface area contributed by atoms with E-state index in [4.69, 9.17) is 11.6 Å². The Kier molecular flexibility index (Phi) is 4.05. The van der Waals surface area contributed by atoms with Crippen molar-refractivity contribution in [1.29, 1.82) is 0 Å². The Balaban J connectivity index is 1.59. The van der Waals surface area contributed by atoms with E-state index in [1.54, 1.807) is 7.05 Å². The molecular formula is C18H18ClN5O. The molecule has 7 heteroatoms. The Morgan fingerprint density at radius 2 is 1.96 bits per heavy atom. The third-order valence-electron chi connectivity index (χ3n) is 4.65. The fraction of sp³-hybridized carbons (Fsp3) is 0.278. The van der Waals surface area contributed by atoms with Crippen LogP contribution in [0.3, 0.4) is 0 Å². The molecule has 2 aromatic heterocycles. The first-order valence-corrected chi connectivity index (χ1v) is 8.61. The summed E-state index contributed by atoms with van der Waals surface area (Å²) in [6.07, 6.45) is 3.01. The topological polar surface area (TPSA) is 66.8 Å². The minimum Gasteiger partial charge on any atom is -0.337 e. The van der Waals surface area contributed by atoms with Gasteiger partial charge in [-0.25, -0.2) is 0 Å². The van der Waals surface area contributed by atoms with Crippen molar-refractivity contribution in [3.63, 3.8) is 0 Å². The molecule has 1 aromatic carbocycles. The highest BCUT2D eigenvalue weighted by molar-refractivity contribution is 6.33. The highest BCUT2D eigenvalue weighted by atomic mass is 35.5. The highest BCUT2D eigenvalue weighted by Crippen LogP contribution is 2.27. The second-order valence-electron chi connectivity index (χ2n) is 6.15. The molecule has 0 saturated heterocycles. The van der Waals surface area contributed by atoms with Crippen LogP contribution in [0.4, 0.5) is 0 Å². The van der Waals surface area contributed by atoms with Gasteiger partial charge >= 0.3 is 0 Å². The van der Waals surface area contributed by atoms with Gasteiger partial charge in [0.1, 0.15) is 5.69 Å². The second-order valence-corrected chi connectivity index (χ2v) is 6.56. The summed E-state index contributed by atoms with van der Waals surface area (Å²) >= 11 is 6.13. The summed E-state index contributed by atoms with van der Waals surface area (Å²) < 4.78 is 1.53. The van der Waals surface area contributed by atoms with Crippen molar-refractivity contribution >= 4 is 17.5 Å². The van der Waals surface area contributed by atoms with Gasteiger partial charge < -0.3 is 4.90 Å². The Morgan fingerprint density at radius 3 is 2.68 bits per heavy atom. The highest BCUT2D eigenvalue weighted by Gasteiger charge is 2.26. The van der Waals surface area contributed by atoms with Gasteiger partial charge in [0.15, 0.2) is 0 Å². The van der Waals surface area contributed by atoms with Crippen molar-refractivity contribution < 1.29 is 4.79 Å². The van der Waals surface area contributed by atoms with Gasteiger partial charge in [-0.3, -0.25) is 14.6 Å². The lowest BCUT2D eigenvalue weighted by Crippen LogP contribution is -2.34. The lowest BCUT2D eigenvalue weighted by atomic mass is 10.0. The lowest BCUT2D eigenvalue weighted by molar-refractivity contribution is 0.0752. The molecule has 0 radical (unpaired) electrons. The van der Waals surface area contributed by atoms with Crippen molar-refractivity contribution in [2.45, 2.75) is 12.8 Å². The minimum atomic E-state index is -0.0793. The number of carbonyl (C=O) groups excluding carboxylic acids is 1. The smallest absolute Gasteiger partial charge is 0.273 e. The maximum Gasteiger partial charge on any atom is 0.273 e. The maximum atomic E-state index is 12.8. The minimum absolute atomic E-state index is 0.0793. The van der Waals surface area contributed by atoms with Gasteiger partial charge in [-0.15, -0.1) is 0 Å². The molecule has 0 spiro atoms. The van der Waals surface area contributed by atoms with Gasteiger partial charge in [-0.05, 0) is 6.42 Å². The Morgan fingerprint density at radius 1 is 1.20 bits per heavy atom. The van der Waals surface area contributed by atoms with Crippen LogP contribution in [0.15, 0.2) is 36.5 Å². The van der Waals surface area contributed by atoms with Crippen LogP contribution in [0.5, 0.6) is 0 Å². The van der Waals surface area contributed by atoms with E-state index >= 15 is 0 Å². The molecule has 1 N–H and O–H groups in total. The van der Waals surface area contributed by atoms with Crippen LogP contribution in [0.1, 0.15) is 21.7 Å². The monoisotopic (exact) mass is 355 g/mol. The van der Waals surface area contributed by atoms with Crippen molar-refractivity contribution in [1.82, 2.24) is 24.9 Å². The molecule has 3 heterocycles. The van der Waals surface area contributed by atoms with Gasteiger partial charge in [-0.1, -0.05) is 41.9 Å². The first-order valence-electron chi connectivity index (χ1n) is 8.23. The number of nitrogens with one attached hydrogen (secondary N) is 1. The molecule has 128 valence electrons. The molecule has 0 bridgehead atoms. The first kappa shape index (κ1) is 15.9. The predicted octanol–water partition coefficient (Wildman–Crippen LogP) is 2.70. The van der Waals surface area contributed by atoms with Crippen molar-refractivity contribution in [2.24, 2.45) is 7.05 Å². The van der Waals surface area contributed by atoms with E-state index < -0.39 is 0 Å². The third-order valence-corrected chi connectivity index (χ3v) is 4.92. The summed E-state index contributed by atoms with van der Waals surface area (Å²) in [6.45, 7) is 1.26. The van der Waals surface area contributed by atoms with Crippen LogP contribution in [-0.4, -0.2) is 43.9 Å². The van der Waals surface area contributed by atoms with Gasteiger partial charge in [-0.2, -0.15) is 10.2 Å². The maximum absolute atomic E-state index is 12.8. The van der Waals surface area contributed by atoms with Gasteiger partial charge in [0.25, 0.3) is 5.91 Å². The number of H-pyrrole nitrogens is 1. The third kappa shape index (κ3) is 2.82.